The maximum absolute atomic E-state index is 12.8. The minimum atomic E-state index is -4.36. The number of hydrogen-bond donors (Lipinski definition) is 3. The van der Waals surface area contributed by atoms with Crippen LogP contribution in [-0.2, 0) is 15.3 Å². The summed E-state index contributed by atoms with van der Waals surface area (Å²) in [7, 11) is -3.26. The van der Waals surface area contributed by atoms with Crippen molar-refractivity contribution in [2.75, 3.05) is 29.9 Å². The van der Waals surface area contributed by atoms with Gasteiger partial charge >= 0.3 is 6.18 Å². The van der Waals surface area contributed by atoms with Gasteiger partial charge in [-0.3, -0.25) is 4.79 Å². The Labute approximate surface area is 197 Å². The van der Waals surface area contributed by atoms with Crippen LogP contribution in [0.5, 0.6) is 0 Å². The van der Waals surface area contributed by atoms with Gasteiger partial charge in [-0.1, -0.05) is 20.8 Å². The zero-order chi connectivity index (χ0) is 25.5. The Hall–Kier alpha value is -2.40. The van der Waals surface area contributed by atoms with Crippen molar-refractivity contribution in [1.29, 1.82) is 0 Å². The van der Waals surface area contributed by atoms with Crippen molar-refractivity contribution in [3.05, 3.63) is 35.0 Å². The third kappa shape index (κ3) is 6.38. The molecule has 3 rings (SSSR count). The van der Waals surface area contributed by atoms with E-state index in [9.17, 15) is 31.5 Å². The lowest BCUT2D eigenvalue weighted by Gasteiger charge is -2.27. The van der Waals surface area contributed by atoms with E-state index in [1.165, 1.54) is 0 Å². The molecule has 0 radical (unpaired) electrons. The van der Waals surface area contributed by atoms with Crippen LogP contribution < -0.4 is 10.6 Å². The number of hydrogen-bond acceptors (Lipinski definition) is 6. The molecule has 2 heterocycles. The lowest BCUT2D eigenvalue weighted by Crippen LogP contribution is -2.43. The number of aryl methyl sites for hydroxylation is 1. The number of benzene rings is 1. The minimum absolute atomic E-state index is 0.00950. The van der Waals surface area contributed by atoms with E-state index in [2.05, 4.69) is 15.6 Å². The number of fused-ring (bicyclic) bond motifs is 1. The zero-order valence-electron chi connectivity index (χ0n) is 19.6. The highest BCUT2D eigenvalue weighted by molar-refractivity contribution is 7.91. The van der Waals surface area contributed by atoms with Crippen LogP contribution in [0.1, 0.15) is 48.8 Å². The fourth-order valence-corrected chi connectivity index (χ4v) is 5.81. The van der Waals surface area contributed by atoms with Crippen LogP contribution >= 0.6 is 0 Å². The second-order valence-corrected chi connectivity index (χ2v) is 12.1. The Bertz CT molecular complexity index is 1190. The molecule has 2 aromatic rings. The molecular weight excluding hydrogens is 471 g/mol. The van der Waals surface area contributed by atoms with Gasteiger partial charge in [-0.05, 0) is 48.1 Å². The van der Waals surface area contributed by atoms with Gasteiger partial charge in [-0.25, -0.2) is 13.4 Å². The zero-order valence-corrected chi connectivity index (χ0v) is 20.4. The van der Waals surface area contributed by atoms with Crippen LogP contribution in [0.2, 0.25) is 0 Å². The van der Waals surface area contributed by atoms with Crippen LogP contribution in [0, 0.1) is 12.8 Å². The lowest BCUT2D eigenvalue weighted by molar-refractivity contribution is -0.115. The molecule has 0 aliphatic carbocycles. The van der Waals surface area contributed by atoms with Crippen molar-refractivity contribution in [3.8, 4) is 0 Å². The molecule has 1 amide bonds. The first-order valence-electron chi connectivity index (χ1n) is 11.0. The molecule has 2 unspecified atom stereocenters. The highest BCUT2D eigenvalue weighted by Gasteiger charge is 2.32. The number of pyridine rings is 1. The van der Waals surface area contributed by atoms with Crippen LogP contribution in [0.3, 0.4) is 0 Å². The van der Waals surface area contributed by atoms with Gasteiger partial charge in [0.2, 0.25) is 0 Å². The number of anilines is 1. The van der Waals surface area contributed by atoms with Gasteiger partial charge in [-0.15, -0.1) is 0 Å². The molecule has 1 saturated heterocycles. The predicted octanol–water partition coefficient (Wildman–Crippen LogP) is 3.34. The van der Waals surface area contributed by atoms with Gasteiger partial charge in [-0.2, -0.15) is 13.2 Å². The summed E-state index contributed by atoms with van der Waals surface area (Å²) in [6.07, 6.45) is -5.04. The molecule has 1 aliphatic heterocycles. The van der Waals surface area contributed by atoms with Gasteiger partial charge < -0.3 is 15.7 Å². The number of carbonyl (C=O) groups excluding carboxylic acids is 1. The van der Waals surface area contributed by atoms with E-state index in [0.29, 0.717) is 27.7 Å². The first-order valence-corrected chi connectivity index (χ1v) is 12.8. The van der Waals surface area contributed by atoms with Gasteiger partial charge in [0.15, 0.2) is 9.84 Å². The third-order valence-corrected chi connectivity index (χ3v) is 7.71. The number of rotatable bonds is 5. The average Bonchev–Trinajstić information content (AvgIpc) is 2.71. The second kappa shape index (κ2) is 9.33. The van der Waals surface area contributed by atoms with Gasteiger partial charge in [0.25, 0.3) is 5.91 Å². The normalized spacial score (nSPS) is 20.8. The summed E-state index contributed by atoms with van der Waals surface area (Å²) in [5.74, 6) is -1.38. The van der Waals surface area contributed by atoms with Gasteiger partial charge in [0.1, 0.15) is 12.2 Å². The Morgan fingerprint density at radius 1 is 1.21 bits per heavy atom. The molecule has 0 saturated carbocycles. The predicted molar refractivity (Wildman–Crippen MR) is 125 cm³/mol. The highest BCUT2D eigenvalue weighted by Crippen LogP contribution is 2.34. The Kier molecular flexibility index (Phi) is 7.19. The van der Waals surface area contributed by atoms with E-state index in [1.54, 1.807) is 25.1 Å². The van der Waals surface area contributed by atoms with Crippen LogP contribution in [0.25, 0.3) is 10.9 Å². The van der Waals surface area contributed by atoms with E-state index in [1.807, 2.05) is 20.8 Å². The molecule has 2 atom stereocenters. The molecule has 1 aliphatic rings. The molecular formula is C23H30F3N3O4S. The van der Waals surface area contributed by atoms with Crippen LogP contribution in [-0.4, -0.2) is 61.3 Å². The molecule has 1 fully saturated rings. The number of amides is 1. The summed E-state index contributed by atoms with van der Waals surface area (Å²) >= 11 is 0. The maximum atomic E-state index is 12.8. The number of carbonyl (C=O) groups is 1. The molecule has 1 aromatic carbocycles. The van der Waals surface area contributed by atoms with Crippen molar-refractivity contribution < 1.29 is 31.5 Å². The van der Waals surface area contributed by atoms with Crippen molar-refractivity contribution in [3.63, 3.8) is 0 Å². The smallest absolute Gasteiger partial charge is 0.393 e. The van der Waals surface area contributed by atoms with E-state index in [0.717, 1.165) is 0 Å². The molecule has 11 heteroatoms. The topological polar surface area (TPSA) is 108 Å². The number of halogens is 3. The van der Waals surface area contributed by atoms with Crippen molar-refractivity contribution in [1.82, 2.24) is 10.3 Å². The van der Waals surface area contributed by atoms with Gasteiger partial charge in [0, 0.05) is 23.5 Å². The standard InChI is InChI=1S/C23H30F3N3O4S/c1-13-7-18(21(31)27-10-14-11-34(32,33)6-5-19(14)30)29-20-16(13)8-15(28-12-23(24,25)26)9-17(20)22(2,3)4/h7-9,14,19,28,30H,5-6,10-12H2,1-4H3,(H,27,31). The Balaban J connectivity index is 1.91. The lowest BCUT2D eigenvalue weighted by atomic mass is 9.84. The third-order valence-electron chi connectivity index (χ3n) is 5.92. The van der Waals surface area contributed by atoms with E-state index < -0.39 is 45.9 Å². The average molecular weight is 502 g/mol. The SMILES string of the molecule is Cc1cc(C(=O)NCC2CS(=O)(=O)CCC2O)nc2c(C(C)(C)C)cc(NCC(F)(F)F)cc12. The van der Waals surface area contributed by atoms with Crippen molar-refractivity contribution in [2.45, 2.75) is 51.8 Å². The second-order valence-electron chi connectivity index (χ2n) is 9.90. The van der Waals surface area contributed by atoms with E-state index in [-0.39, 0.29) is 30.2 Å². The van der Waals surface area contributed by atoms with Crippen LogP contribution in [0.4, 0.5) is 18.9 Å². The Morgan fingerprint density at radius 3 is 2.50 bits per heavy atom. The number of alkyl halides is 3. The van der Waals surface area contributed by atoms with Crippen LogP contribution in [0.15, 0.2) is 18.2 Å². The quantitative estimate of drug-likeness (QED) is 0.580. The Morgan fingerprint density at radius 2 is 1.88 bits per heavy atom. The number of sulfone groups is 1. The number of aliphatic hydroxyl groups excluding tert-OH is 1. The first kappa shape index (κ1) is 26.2. The van der Waals surface area contributed by atoms with Crippen molar-refractivity contribution >= 4 is 32.3 Å². The summed E-state index contributed by atoms with van der Waals surface area (Å²) < 4.78 is 61.9. The highest BCUT2D eigenvalue weighted by atomic mass is 32.2. The number of aromatic nitrogens is 1. The van der Waals surface area contributed by atoms with Gasteiger partial charge in [0.05, 0.1) is 23.1 Å². The largest absolute Gasteiger partial charge is 0.405 e. The number of aliphatic hydroxyl groups is 1. The van der Waals surface area contributed by atoms with Crippen molar-refractivity contribution in [2.24, 2.45) is 5.92 Å². The monoisotopic (exact) mass is 501 g/mol. The molecule has 7 nitrogen and oxygen atoms in total. The summed E-state index contributed by atoms with van der Waals surface area (Å²) in [4.78, 5) is 17.4. The number of nitrogens with zero attached hydrogens (tertiary/aromatic N) is 1. The maximum Gasteiger partial charge on any atom is 0.405 e. The summed E-state index contributed by atoms with van der Waals surface area (Å²) in [6, 6.07) is 4.75. The molecule has 34 heavy (non-hydrogen) atoms. The van der Waals surface area contributed by atoms with E-state index >= 15 is 0 Å². The summed E-state index contributed by atoms with van der Waals surface area (Å²) in [5, 5.41) is 15.8. The van der Waals surface area contributed by atoms with E-state index in [4.69, 9.17) is 0 Å². The molecule has 188 valence electrons. The summed E-state index contributed by atoms with van der Waals surface area (Å²) in [5.41, 5.74) is 1.81. The molecule has 3 N–H and O–H groups in total. The minimum Gasteiger partial charge on any atom is -0.393 e. The molecule has 1 aromatic heterocycles. The number of nitrogens with one attached hydrogen (secondary N) is 2. The fraction of sp³-hybridized carbons (Fsp3) is 0.565. The first-order chi connectivity index (χ1) is 15.6. The molecule has 0 spiro atoms. The summed E-state index contributed by atoms with van der Waals surface area (Å²) in [6.45, 7) is 6.29. The molecule has 0 bridgehead atoms. The fourth-order valence-electron chi connectivity index (χ4n) is 4.05.